The van der Waals surface area contributed by atoms with Crippen LogP contribution in [-0.4, -0.2) is 8.42 Å². The normalized spacial score (nSPS) is 8.07. The van der Waals surface area contributed by atoms with Crippen LogP contribution in [0.2, 0.25) is 0 Å². The van der Waals surface area contributed by atoms with Gasteiger partial charge in [-0.1, -0.05) is 18.2 Å². The van der Waals surface area contributed by atoms with Crippen LogP contribution in [-0.2, 0) is 10.0 Å². The van der Waals surface area contributed by atoms with Crippen LogP contribution in [0.1, 0.15) is 0 Å². The highest BCUT2D eigenvalue weighted by atomic mass is 35.5. The molecule has 0 amide bonds. The van der Waals surface area contributed by atoms with Crippen molar-refractivity contribution in [1.29, 1.82) is 0 Å². The van der Waals surface area contributed by atoms with E-state index in [1.54, 1.807) is 18.2 Å². The molecule has 3 nitrogen and oxygen atoms in total. The fourth-order valence-electron chi connectivity index (χ4n) is 0.610. The van der Waals surface area contributed by atoms with E-state index in [4.69, 9.17) is 5.14 Å². The lowest BCUT2D eigenvalue weighted by Gasteiger charge is -1.93. The number of primary sulfonamides is 1. The first-order valence-electron chi connectivity index (χ1n) is 2.68. The summed E-state index contributed by atoms with van der Waals surface area (Å²) in [6.45, 7) is 0. The molecule has 0 heterocycles. The molecule has 0 radical (unpaired) electrons. The molecule has 0 spiro atoms. The standard InChI is InChI=1S/C6H7NO2S.4ClH/c7-10(8,9)6-4-2-1-3-5-6;;;;/h1-5H,(H2,7,8,9);4*1H. The second kappa shape index (κ2) is 9.83. The Labute approximate surface area is 108 Å². The predicted octanol–water partition coefficient (Wildman–Crippen LogP) is 2.02. The van der Waals surface area contributed by atoms with Crippen molar-refractivity contribution < 1.29 is 8.42 Å². The molecule has 14 heavy (non-hydrogen) atoms. The average Bonchev–Trinajstić information content (AvgIpc) is 1.88. The van der Waals surface area contributed by atoms with Gasteiger partial charge in [-0.15, -0.1) is 49.6 Å². The van der Waals surface area contributed by atoms with Gasteiger partial charge >= 0.3 is 0 Å². The quantitative estimate of drug-likeness (QED) is 0.863. The number of halogens is 4. The molecule has 1 rings (SSSR count). The lowest BCUT2D eigenvalue weighted by Crippen LogP contribution is -2.11. The predicted molar refractivity (Wildman–Crippen MR) is 66.8 cm³/mol. The Morgan fingerprint density at radius 1 is 0.857 bits per heavy atom. The van der Waals surface area contributed by atoms with Crippen LogP contribution >= 0.6 is 49.6 Å². The lowest BCUT2D eigenvalue weighted by molar-refractivity contribution is 0.598. The zero-order valence-electron chi connectivity index (χ0n) is 6.82. The van der Waals surface area contributed by atoms with E-state index >= 15 is 0 Å². The van der Waals surface area contributed by atoms with Gasteiger partial charge in [0, 0.05) is 0 Å². The summed E-state index contributed by atoms with van der Waals surface area (Å²) in [4.78, 5) is 0.148. The van der Waals surface area contributed by atoms with Gasteiger partial charge in [-0.25, -0.2) is 13.6 Å². The first kappa shape index (κ1) is 23.8. The van der Waals surface area contributed by atoms with Gasteiger partial charge in [0.1, 0.15) is 0 Å². The second-order valence-corrected chi connectivity index (χ2v) is 3.42. The Bertz CT molecular complexity index is 316. The molecule has 0 saturated carbocycles. The van der Waals surface area contributed by atoms with E-state index in [0.717, 1.165) is 0 Å². The van der Waals surface area contributed by atoms with E-state index in [-0.39, 0.29) is 54.5 Å². The number of hydrogen-bond donors (Lipinski definition) is 1. The number of nitrogens with two attached hydrogens (primary N) is 1. The minimum atomic E-state index is -3.50. The zero-order chi connectivity index (χ0) is 7.61. The molecule has 1 aromatic rings. The van der Waals surface area contributed by atoms with Crippen molar-refractivity contribution in [3.8, 4) is 0 Å². The van der Waals surface area contributed by atoms with Crippen LogP contribution in [0, 0.1) is 0 Å². The van der Waals surface area contributed by atoms with Crippen molar-refractivity contribution >= 4 is 59.7 Å². The first-order valence-corrected chi connectivity index (χ1v) is 4.23. The molecule has 86 valence electrons. The molecule has 0 aliphatic rings. The zero-order valence-corrected chi connectivity index (χ0v) is 10.9. The summed E-state index contributed by atoms with van der Waals surface area (Å²) in [6, 6.07) is 7.89. The molecule has 0 aromatic heterocycles. The largest absolute Gasteiger partial charge is 0.238 e. The molecule has 2 N–H and O–H groups in total. The van der Waals surface area contributed by atoms with Gasteiger partial charge in [0.25, 0.3) is 0 Å². The Hall–Kier alpha value is 0.290. The van der Waals surface area contributed by atoms with Crippen LogP contribution in [0.25, 0.3) is 0 Å². The third-order valence-electron chi connectivity index (χ3n) is 1.07. The summed E-state index contributed by atoms with van der Waals surface area (Å²) in [6.07, 6.45) is 0. The Morgan fingerprint density at radius 3 is 1.43 bits per heavy atom. The van der Waals surface area contributed by atoms with Gasteiger partial charge in [0.15, 0.2) is 0 Å². The fourth-order valence-corrected chi connectivity index (χ4v) is 1.15. The van der Waals surface area contributed by atoms with E-state index < -0.39 is 10.0 Å². The SMILES string of the molecule is Cl.Cl.Cl.Cl.NS(=O)(=O)c1ccccc1. The number of hydrogen-bond acceptors (Lipinski definition) is 2. The minimum absolute atomic E-state index is 0. The first-order chi connectivity index (χ1) is 4.61. The average molecular weight is 303 g/mol. The van der Waals surface area contributed by atoms with Crippen LogP contribution in [0.4, 0.5) is 0 Å². The van der Waals surface area contributed by atoms with E-state index in [0.29, 0.717) is 0 Å². The molecular weight excluding hydrogens is 292 g/mol. The smallest absolute Gasteiger partial charge is 0.225 e. The van der Waals surface area contributed by atoms with E-state index in [1.165, 1.54) is 12.1 Å². The molecule has 0 aliphatic carbocycles. The maximum Gasteiger partial charge on any atom is 0.238 e. The van der Waals surface area contributed by atoms with Gasteiger partial charge in [-0.2, -0.15) is 0 Å². The topological polar surface area (TPSA) is 60.2 Å². The highest BCUT2D eigenvalue weighted by Crippen LogP contribution is 2.02. The van der Waals surface area contributed by atoms with Crippen molar-refractivity contribution in [2.45, 2.75) is 4.90 Å². The van der Waals surface area contributed by atoms with Gasteiger partial charge in [0.05, 0.1) is 4.90 Å². The Kier molecular flexibility index (Phi) is 16.7. The number of sulfonamides is 1. The molecule has 0 unspecified atom stereocenters. The highest BCUT2D eigenvalue weighted by Gasteiger charge is 2.03. The highest BCUT2D eigenvalue weighted by molar-refractivity contribution is 7.89. The van der Waals surface area contributed by atoms with Gasteiger partial charge in [-0.05, 0) is 12.1 Å². The van der Waals surface area contributed by atoms with Crippen LogP contribution < -0.4 is 5.14 Å². The van der Waals surface area contributed by atoms with Crippen molar-refractivity contribution in [3.63, 3.8) is 0 Å². The Balaban J connectivity index is -0.000000125. The molecule has 0 fully saturated rings. The van der Waals surface area contributed by atoms with Crippen molar-refractivity contribution in [2.24, 2.45) is 5.14 Å². The Morgan fingerprint density at radius 2 is 1.21 bits per heavy atom. The number of benzene rings is 1. The molecule has 1 aromatic carbocycles. The maximum absolute atomic E-state index is 10.6. The fraction of sp³-hybridized carbons (Fsp3) is 0. The monoisotopic (exact) mass is 301 g/mol. The van der Waals surface area contributed by atoms with Crippen LogP contribution in [0.3, 0.4) is 0 Å². The van der Waals surface area contributed by atoms with E-state index in [9.17, 15) is 8.42 Å². The summed E-state index contributed by atoms with van der Waals surface area (Å²) in [5, 5.41) is 4.83. The van der Waals surface area contributed by atoms with Crippen molar-refractivity contribution in [1.82, 2.24) is 0 Å². The minimum Gasteiger partial charge on any atom is -0.225 e. The summed E-state index contributed by atoms with van der Waals surface area (Å²) in [5.74, 6) is 0. The van der Waals surface area contributed by atoms with Gasteiger partial charge < -0.3 is 0 Å². The van der Waals surface area contributed by atoms with Gasteiger partial charge in [-0.3, -0.25) is 0 Å². The van der Waals surface area contributed by atoms with E-state index in [1.807, 2.05) is 0 Å². The van der Waals surface area contributed by atoms with Crippen molar-refractivity contribution in [2.75, 3.05) is 0 Å². The third kappa shape index (κ3) is 7.67. The lowest BCUT2D eigenvalue weighted by atomic mass is 10.4. The summed E-state index contributed by atoms with van der Waals surface area (Å²) >= 11 is 0. The molecule has 0 saturated heterocycles. The summed E-state index contributed by atoms with van der Waals surface area (Å²) in [7, 11) is -3.50. The molecule has 0 atom stereocenters. The van der Waals surface area contributed by atoms with Crippen molar-refractivity contribution in [3.05, 3.63) is 30.3 Å². The summed E-state index contributed by atoms with van der Waals surface area (Å²) < 4.78 is 21.2. The second-order valence-electron chi connectivity index (χ2n) is 1.86. The maximum atomic E-state index is 10.6. The van der Waals surface area contributed by atoms with E-state index in [2.05, 4.69) is 0 Å². The van der Waals surface area contributed by atoms with Crippen LogP contribution in [0.5, 0.6) is 0 Å². The molecule has 0 aliphatic heterocycles. The molecule has 8 heteroatoms. The summed E-state index contributed by atoms with van der Waals surface area (Å²) in [5.41, 5.74) is 0. The number of rotatable bonds is 1. The van der Waals surface area contributed by atoms with Crippen LogP contribution in [0.15, 0.2) is 35.2 Å². The molecule has 0 bridgehead atoms. The van der Waals surface area contributed by atoms with Gasteiger partial charge in [0.2, 0.25) is 10.0 Å². The third-order valence-corrected chi connectivity index (χ3v) is 2.00. The molecular formula is C6H11Cl4NO2S.